The minimum atomic E-state index is 0.849. The molecule has 0 N–H and O–H groups in total. The molecule has 0 aliphatic rings. The van der Waals surface area contributed by atoms with Crippen LogP contribution in [0.25, 0.3) is 93.2 Å². The van der Waals surface area contributed by atoms with Crippen molar-refractivity contribution in [1.29, 1.82) is 0 Å². The first-order chi connectivity index (χ1) is 29.3. The SMILES string of the molecule is c1ccc(-c2ccc(N(c3ccc4c5ccccc5n(-c5ccc6ccccc6c5)c4c3)c3cccc4c3oc3c5ccccc5ccc43)cc2-c2ccccc2)cc1. The fraction of sp³-hybridized carbons (Fsp3) is 0. The molecule has 0 fully saturated rings. The Morgan fingerprint density at radius 2 is 0.932 bits per heavy atom. The molecule has 3 nitrogen and oxygen atoms in total. The molecule has 0 amide bonds. The van der Waals surface area contributed by atoms with Crippen LogP contribution < -0.4 is 4.90 Å². The third-order valence-electron chi connectivity index (χ3n) is 11.9. The van der Waals surface area contributed by atoms with Crippen molar-refractivity contribution in [3.05, 3.63) is 218 Å². The summed E-state index contributed by atoms with van der Waals surface area (Å²) in [5.74, 6) is 0. The van der Waals surface area contributed by atoms with Gasteiger partial charge in [-0.15, -0.1) is 0 Å². The first-order valence-electron chi connectivity index (χ1n) is 20.2. The van der Waals surface area contributed by atoms with Gasteiger partial charge in [0, 0.05) is 44.0 Å². The Kier molecular flexibility index (Phi) is 7.54. The van der Waals surface area contributed by atoms with Crippen LogP contribution in [-0.2, 0) is 0 Å². The van der Waals surface area contributed by atoms with E-state index < -0.39 is 0 Å². The Bertz CT molecular complexity index is 3560. The maximum absolute atomic E-state index is 7.05. The first kappa shape index (κ1) is 33.3. The van der Waals surface area contributed by atoms with Crippen molar-refractivity contribution in [3.8, 4) is 27.9 Å². The summed E-state index contributed by atoms with van der Waals surface area (Å²) in [7, 11) is 0. The molecule has 2 aromatic heterocycles. The van der Waals surface area contributed by atoms with Crippen LogP contribution in [0.4, 0.5) is 17.1 Å². The maximum Gasteiger partial charge on any atom is 0.159 e. The molecule has 0 aliphatic heterocycles. The molecule has 0 saturated carbocycles. The van der Waals surface area contributed by atoms with Crippen molar-refractivity contribution < 1.29 is 4.42 Å². The van der Waals surface area contributed by atoms with Gasteiger partial charge in [0.05, 0.1) is 16.7 Å². The molecule has 0 atom stereocenters. The molecule has 0 bridgehead atoms. The van der Waals surface area contributed by atoms with E-state index in [-0.39, 0.29) is 0 Å². The smallest absolute Gasteiger partial charge is 0.159 e. The van der Waals surface area contributed by atoms with Gasteiger partial charge in [0.1, 0.15) is 5.58 Å². The molecule has 3 heteroatoms. The van der Waals surface area contributed by atoms with E-state index >= 15 is 0 Å². The Hall–Kier alpha value is -7.88. The minimum Gasteiger partial charge on any atom is -0.453 e. The molecule has 0 spiro atoms. The van der Waals surface area contributed by atoms with E-state index in [9.17, 15) is 0 Å². The number of rotatable bonds is 6. The molecular weight excluding hydrogens is 717 g/mol. The van der Waals surface area contributed by atoms with E-state index in [4.69, 9.17) is 4.42 Å². The van der Waals surface area contributed by atoms with E-state index in [0.717, 1.165) is 72.1 Å². The van der Waals surface area contributed by atoms with E-state index in [2.05, 4.69) is 228 Å². The molecule has 12 rings (SSSR count). The lowest BCUT2D eigenvalue weighted by Gasteiger charge is -2.27. The summed E-state index contributed by atoms with van der Waals surface area (Å²) in [6.45, 7) is 0. The van der Waals surface area contributed by atoms with Crippen molar-refractivity contribution in [2.24, 2.45) is 0 Å². The summed E-state index contributed by atoms with van der Waals surface area (Å²) in [4.78, 5) is 2.38. The number of benzene rings is 10. The van der Waals surface area contributed by atoms with Gasteiger partial charge >= 0.3 is 0 Å². The van der Waals surface area contributed by atoms with Crippen LogP contribution in [0.15, 0.2) is 223 Å². The number of aromatic nitrogens is 1. The highest BCUT2D eigenvalue weighted by atomic mass is 16.3. The lowest BCUT2D eigenvalue weighted by atomic mass is 9.93. The van der Waals surface area contributed by atoms with Crippen LogP contribution in [0, 0.1) is 0 Å². The highest BCUT2D eigenvalue weighted by molar-refractivity contribution is 6.18. The van der Waals surface area contributed by atoms with Crippen molar-refractivity contribution in [1.82, 2.24) is 4.57 Å². The van der Waals surface area contributed by atoms with Crippen LogP contribution in [0.3, 0.4) is 0 Å². The van der Waals surface area contributed by atoms with Crippen molar-refractivity contribution in [3.63, 3.8) is 0 Å². The Balaban J connectivity index is 1.15. The second-order valence-electron chi connectivity index (χ2n) is 15.3. The second kappa shape index (κ2) is 13.4. The minimum absolute atomic E-state index is 0.849. The summed E-state index contributed by atoms with van der Waals surface area (Å²) in [6.07, 6.45) is 0. The predicted molar refractivity (Wildman–Crippen MR) is 249 cm³/mol. The quantitative estimate of drug-likeness (QED) is 0.169. The molecule has 0 saturated heterocycles. The van der Waals surface area contributed by atoms with Crippen molar-refractivity contribution >= 4 is 82.4 Å². The van der Waals surface area contributed by atoms with Crippen LogP contribution in [0.2, 0.25) is 0 Å². The third-order valence-corrected chi connectivity index (χ3v) is 11.9. The van der Waals surface area contributed by atoms with Gasteiger partial charge in [0.15, 0.2) is 5.58 Å². The molecule has 12 aromatic rings. The van der Waals surface area contributed by atoms with Gasteiger partial charge in [-0.25, -0.2) is 0 Å². The van der Waals surface area contributed by atoms with Gasteiger partial charge in [0.2, 0.25) is 0 Å². The zero-order valence-electron chi connectivity index (χ0n) is 32.1. The Labute approximate surface area is 341 Å². The van der Waals surface area contributed by atoms with Crippen molar-refractivity contribution in [2.75, 3.05) is 4.90 Å². The zero-order valence-corrected chi connectivity index (χ0v) is 32.1. The standard InChI is InChI=1S/C56H36N2O/c1-3-15-38(16-4-1)45-32-29-43(35-51(45)39-17-5-2-6-18-39)57(53-25-13-23-49-50-31-27-40-19-9-10-21-46(40)55(50)59-56(49)53)44-30-33-48-47-22-11-12-24-52(47)58(54(48)36-44)42-28-26-37-14-7-8-20-41(37)34-42/h1-36H. The number of hydrogen-bond donors (Lipinski definition) is 0. The van der Waals surface area contributed by atoms with E-state index in [1.165, 1.54) is 38.2 Å². The molecular formula is C56H36N2O. The average molecular weight is 753 g/mol. The normalized spacial score (nSPS) is 11.7. The Morgan fingerprint density at radius 1 is 0.339 bits per heavy atom. The molecule has 10 aromatic carbocycles. The number of nitrogens with zero attached hydrogens (tertiary/aromatic N) is 2. The van der Waals surface area contributed by atoms with Crippen LogP contribution in [0.1, 0.15) is 0 Å². The predicted octanol–water partition coefficient (Wildman–Crippen LogP) is 15.8. The van der Waals surface area contributed by atoms with E-state index in [1.54, 1.807) is 0 Å². The van der Waals surface area contributed by atoms with E-state index in [0.29, 0.717) is 0 Å². The maximum atomic E-state index is 7.05. The summed E-state index contributed by atoms with van der Waals surface area (Å²) in [5, 5.41) is 9.33. The van der Waals surface area contributed by atoms with Crippen molar-refractivity contribution in [2.45, 2.75) is 0 Å². The monoisotopic (exact) mass is 752 g/mol. The molecule has 0 radical (unpaired) electrons. The summed E-state index contributed by atoms with van der Waals surface area (Å²) in [6, 6.07) is 78.7. The lowest BCUT2D eigenvalue weighted by molar-refractivity contribution is 0.673. The van der Waals surface area contributed by atoms with Crippen LogP contribution in [-0.4, -0.2) is 4.57 Å². The van der Waals surface area contributed by atoms with Gasteiger partial charge in [0.25, 0.3) is 0 Å². The Morgan fingerprint density at radius 3 is 1.76 bits per heavy atom. The van der Waals surface area contributed by atoms with Gasteiger partial charge in [-0.05, 0) is 93.0 Å². The average Bonchev–Trinajstić information content (AvgIpc) is 3.86. The van der Waals surface area contributed by atoms with Gasteiger partial charge < -0.3 is 13.9 Å². The van der Waals surface area contributed by atoms with Crippen LogP contribution >= 0.6 is 0 Å². The largest absolute Gasteiger partial charge is 0.453 e. The summed E-state index contributed by atoms with van der Waals surface area (Å²) < 4.78 is 9.47. The van der Waals surface area contributed by atoms with E-state index in [1.807, 2.05) is 0 Å². The van der Waals surface area contributed by atoms with Gasteiger partial charge in [-0.3, -0.25) is 0 Å². The lowest BCUT2D eigenvalue weighted by Crippen LogP contribution is -2.11. The molecule has 2 heterocycles. The first-order valence-corrected chi connectivity index (χ1v) is 20.2. The summed E-state index contributed by atoms with van der Waals surface area (Å²) >= 11 is 0. The third kappa shape index (κ3) is 5.36. The molecule has 276 valence electrons. The topological polar surface area (TPSA) is 21.3 Å². The number of para-hydroxylation sites is 2. The summed E-state index contributed by atoms with van der Waals surface area (Å²) in [5.41, 5.74) is 12.9. The molecule has 0 aliphatic carbocycles. The fourth-order valence-electron chi connectivity index (χ4n) is 9.20. The molecule has 0 unspecified atom stereocenters. The molecule has 59 heavy (non-hydrogen) atoms. The number of hydrogen-bond acceptors (Lipinski definition) is 2. The van der Waals surface area contributed by atoms with Gasteiger partial charge in [-0.2, -0.15) is 0 Å². The zero-order chi connectivity index (χ0) is 38.9. The second-order valence-corrected chi connectivity index (χ2v) is 15.3. The van der Waals surface area contributed by atoms with Gasteiger partial charge in [-0.1, -0.05) is 164 Å². The highest BCUT2D eigenvalue weighted by Crippen LogP contribution is 2.47. The van der Waals surface area contributed by atoms with Crippen LogP contribution in [0.5, 0.6) is 0 Å². The number of fused-ring (bicyclic) bond motifs is 9. The fourth-order valence-corrected chi connectivity index (χ4v) is 9.20. The number of furan rings is 1. The highest BCUT2D eigenvalue weighted by Gasteiger charge is 2.23. The number of anilines is 3.